The van der Waals surface area contributed by atoms with Gasteiger partial charge in [-0.2, -0.15) is 0 Å². The van der Waals surface area contributed by atoms with Crippen LogP contribution in [0.1, 0.15) is 31.7 Å². The molecule has 0 radical (unpaired) electrons. The van der Waals surface area contributed by atoms with Crippen LogP contribution in [0.25, 0.3) is 10.8 Å². The SMILES string of the molecule is C/C=C/C1CCC(F)(C#Cc2ccc3c(F)c(F)ccc3c2)C(F)C1. The van der Waals surface area contributed by atoms with Gasteiger partial charge in [0.2, 0.25) is 5.67 Å². The molecule has 3 unspecified atom stereocenters. The Labute approximate surface area is 144 Å². The highest BCUT2D eigenvalue weighted by molar-refractivity contribution is 5.84. The topological polar surface area (TPSA) is 0 Å². The maximum absolute atomic E-state index is 14.8. The average Bonchev–Trinajstić information content (AvgIpc) is 2.60. The van der Waals surface area contributed by atoms with Crippen LogP contribution in [0, 0.1) is 29.4 Å². The van der Waals surface area contributed by atoms with Gasteiger partial charge in [-0.25, -0.2) is 17.6 Å². The van der Waals surface area contributed by atoms with Crippen molar-refractivity contribution in [1.29, 1.82) is 0 Å². The number of allylic oxidation sites excluding steroid dienone is 2. The Kier molecular flexibility index (Phi) is 4.85. The number of rotatable bonds is 1. The Hall–Kier alpha value is -2.28. The van der Waals surface area contributed by atoms with Crippen molar-refractivity contribution < 1.29 is 17.6 Å². The van der Waals surface area contributed by atoms with E-state index in [1.165, 1.54) is 18.2 Å². The van der Waals surface area contributed by atoms with E-state index >= 15 is 0 Å². The van der Waals surface area contributed by atoms with Gasteiger partial charge < -0.3 is 0 Å². The fourth-order valence-corrected chi connectivity index (χ4v) is 3.23. The molecule has 3 atom stereocenters. The molecule has 0 amide bonds. The van der Waals surface area contributed by atoms with Gasteiger partial charge in [0, 0.05) is 10.9 Å². The van der Waals surface area contributed by atoms with Crippen LogP contribution in [-0.4, -0.2) is 11.8 Å². The van der Waals surface area contributed by atoms with E-state index in [0.29, 0.717) is 17.4 Å². The van der Waals surface area contributed by atoms with Gasteiger partial charge in [0.15, 0.2) is 11.6 Å². The highest BCUT2D eigenvalue weighted by atomic mass is 19.2. The fourth-order valence-electron chi connectivity index (χ4n) is 3.23. The maximum Gasteiger partial charge on any atom is 0.202 e. The molecule has 1 aliphatic carbocycles. The first-order valence-electron chi connectivity index (χ1n) is 8.29. The van der Waals surface area contributed by atoms with Crippen molar-refractivity contribution in [3.63, 3.8) is 0 Å². The molecule has 0 spiro atoms. The number of halogens is 4. The number of fused-ring (bicyclic) bond motifs is 1. The fraction of sp³-hybridized carbons (Fsp3) is 0.333. The van der Waals surface area contributed by atoms with Crippen molar-refractivity contribution in [2.24, 2.45) is 5.92 Å². The average molecular weight is 346 g/mol. The Morgan fingerprint density at radius 3 is 2.72 bits per heavy atom. The van der Waals surface area contributed by atoms with E-state index in [4.69, 9.17) is 0 Å². The molecule has 3 rings (SSSR count). The lowest BCUT2D eigenvalue weighted by molar-refractivity contribution is 0.0477. The highest BCUT2D eigenvalue weighted by Crippen LogP contribution is 2.37. The van der Waals surface area contributed by atoms with E-state index in [-0.39, 0.29) is 24.1 Å². The Bertz CT molecular complexity index is 875. The first kappa shape index (κ1) is 17.5. The summed E-state index contributed by atoms with van der Waals surface area (Å²) in [6, 6.07) is 6.90. The summed E-state index contributed by atoms with van der Waals surface area (Å²) in [7, 11) is 0. The van der Waals surface area contributed by atoms with Crippen LogP contribution < -0.4 is 0 Å². The van der Waals surface area contributed by atoms with Gasteiger partial charge in [-0.15, -0.1) is 0 Å². The maximum atomic E-state index is 14.8. The van der Waals surface area contributed by atoms with Gasteiger partial charge in [0.05, 0.1) is 0 Å². The van der Waals surface area contributed by atoms with Gasteiger partial charge in [-0.1, -0.05) is 36.1 Å². The summed E-state index contributed by atoms with van der Waals surface area (Å²) in [4.78, 5) is 0. The third kappa shape index (κ3) is 3.56. The quantitative estimate of drug-likeness (QED) is 0.343. The van der Waals surface area contributed by atoms with Crippen molar-refractivity contribution >= 4 is 10.8 Å². The van der Waals surface area contributed by atoms with Crippen molar-refractivity contribution in [1.82, 2.24) is 0 Å². The molecule has 1 saturated carbocycles. The molecular weight excluding hydrogens is 328 g/mol. The van der Waals surface area contributed by atoms with Crippen molar-refractivity contribution in [3.05, 3.63) is 59.7 Å². The Morgan fingerprint density at radius 2 is 2.00 bits per heavy atom. The number of benzene rings is 2. The number of hydrogen-bond donors (Lipinski definition) is 0. The van der Waals surface area contributed by atoms with Gasteiger partial charge >= 0.3 is 0 Å². The van der Waals surface area contributed by atoms with Crippen LogP contribution in [0.2, 0.25) is 0 Å². The molecule has 25 heavy (non-hydrogen) atoms. The monoisotopic (exact) mass is 346 g/mol. The molecule has 0 heterocycles. The molecule has 2 aromatic carbocycles. The molecule has 0 bridgehead atoms. The molecule has 0 N–H and O–H groups in total. The zero-order chi connectivity index (χ0) is 18.0. The lowest BCUT2D eigenvalue weighted by Gasteiger charge is -2.32. The summed E-state index contributed by atoms with van der Waals surface area (Å²) in [6.45, 7) is 1.86. The highest BCUT2D eigenvalue weighted by Gasteiger charge is 2.42. The summed E-state index contributed by atoms with van der Waals surface area (Å²) < 4.78 is 56.0. The normalized spacial score (nSPS) is 26.6. The lowest BCUT2D eigenvalue weighted by Crippen LogP contribution is -2.39. The zero-order valence-electron chi connectivity index (χ0n) is 13.8. The molecule has 0 aromatic heterocycles. The van der Waals surface area contributed by atoms with Crippen LogP contribution in [0.3, 0.4) is 0 Å². The molecule has 1 aliphatic rings. The second kappa shape index (κ2) is 6.92. The summed E-state index contributed by atoms with van der Waals surface area (Å²) in [6.07, 6.45) is 2.84. The summed E-state index contributed by atoms with van der Waals surface area (Å²) >= 11 is 0. The lowest BCUT2D eigenvalue weighted by atomic mass is 9.78. The smallest absolute Gasteiger partial charge is 0.202 e. The van der Waals surface area contributed by atoms with Crippen LogP contribution in [0.4, 0.5) is 17.6 Å². The summed E-state index contributed by atoms with van der Waals surface area (Å²) in [5.41, 5.74) is -1.72. The second-order valence-electron chi connectivity index (χ2n) is 6.44. The molecule has 0 saturated heterocycles. The van der Waals surface area contributed by atoms with Gasteiger partial charge in [0.25, 0.3) is 0 Å². The van der Waals surface area contributed by atoms with Crippen LogP contribution in [0.15, 0.2) is 42.5 Å². The van der Waals surface area contributed by atoms with Gasteiger partial charge in [-0.3, -0.25) is 0 Å². The van der Waals surface area contributed by atoms with E-state index in [2.05, 4.69) is 11.8 Å². The van der Waals surface area contributed by atoms with E-state index in [0.717, 1.165) is 6.07 Å². The van der Waals surface area contributed by atoms with Gasteiger partial charge in [0.1, 0.15) is 6.17 Å². The zero-order valence-corrected chi connectivity index (χ0v) is 13.8. The predicted octanol–water partition coefficient (Wildman–Crippen LogP) is 5.89. The molecular formula is C21H18F4. The van der Waals surface area contributed by atoms with Gasteiger partial charge in [-0.05, 0) is 55.7 Å². The Morgan fingerprint density at radius 1 is 1.20 bits per heavy atom. The van der Waals surface area contributed by atoms with Crippen LogP contribution >= 0.6 is 0 Å². The summed E-state index contributed by atoms with van der Waals surface area (Å²) in [5, 5.41) is 0.600. The summed E-state index contributed by atoms with van der Waals surface area (Å²) in [5.74, 6) is 3.29. The third-order valence-corrected chi connectivity index (χ3v) is 4.67. The van der Waals surface area contributed by atoms with Crippen LogP contribution in [-0.2, 0) is 0 Å². The predicted molar refractivity (Wildman–Crippen MR) is 91.6 cm³/mol. The third-order valence-electron chi connectivity index (χ3n) is 4.67. The molecule has 1 fully saturated rings. The first-order chi connectivity index (χ1) is 11.9. The number of alkyl halides is 2. The largest absolute Gasteiger partial charge is 0.243 e. The van der Waals surface area contributed by atoms with Crippen molar-refractivity contribution in [2.45, 2.75) is 38.0 Å². The molecule has 4 heteroatoms. The van der Waals surface area contributed by atoms with Crippen molar-refractivity contribution in [2.75, 3.05) is 0 Å². The van der Waals surface area contributed by atoms with E-state index in [1.54, 1.807) is 6.07 Å². The minimum atomic E-state index is -2.17. The second-order valence-corrected chi connectivity index (χ2v) is 6.44. The molecule has 2 aromatic rings. The Balaban J connectivity index is 1.86. The van der Waals surface area contributed by atoms with E-state index in [1.807, 2.05) is 19.1 Å². The molecule has 130 valence electrons. The minimum absolute atomic E-state index is 0.0452. The van der Waals surface area contributed by atoms with E-state index < -0.39 is 23.5 Å². The molecule has 0 aliphatic heterocycles. The molecule has 0 nitrogen and oxygen atoms in total. The minimum Gasteiger partial charge on any atom is -0.243 e. The van der Waals surface area contributed by atoms with Crippen LogP contribution in [0.5, 0.6) is 0 Å². The number of hydrogen-bond acceptors (Lipinski definition) is 0. The first-order valence-corrected chi connectivity index (χ1v) is 8.29. The van der Waals surface area contributed by atoms with E-state index in [9.17, 15) is 17.6 Å². The standard InChI is InChI=1S/C21H18F4/c1-2-3-14-8-10-21(25,19(23)13-14)11-9-15-4-6-17-16(12-15)5-7-18(22)20(17)24/h2-7,12,14,19H,8,10,13H2,1H3/b3-2+. The van der Waals surface area contributed by atoms with Crippen molar-refractivity contribution in [3.8, 4) is 11.8 Å².